The fourth-order valence-electron chi connectivity index (χ4n) is 1.93. The lowest BCUT2D eigenvalue weighted by molar-refractivity contribution is 0.0949. The minimum Gasteiger partial charge on any atom is -0.494 e. The van der Waals surface area contributed by atoms with Gasteiger partial charge in [0.2, 0.25) is 0 Å². The van der Waals surface area contributed by atoms with Crippen LogP contribution in [-0.4, -0.2) is 29.3 Å². The molecule has 0 bridgehead atoms. The summed E-state index contributed by atoms with van der Waals surface area (Å²) in [5.74, 6) is 0.228. The first kappa shape index (κ1) is 13.9. The van der Waals surface area contributed by atoms with E-state index in [1.54, 1.807) is 24.4 Å². The van der Waals surface area contributed by atoms with E-state index < -0.39 is 0 Å². The molecule has 1 heterocycles. The fraction of sp³-hybridized carbons (Fsp3) is 0.286. The summed E-state index contributed by atoms with van der Waals surface area (Å²) >= 11 is 0. The Hall–Kier alpha value is -2.50. The first-order valence-electron chi connectivity index (χ1n) is 6.40. The fourth-order valence-corrected chi connectivity index (χ4v) is 1.93. The van der Waals surface area contributed by atoms with Gasteiger partial charge in [-0.05, 0) is 24.6 Å². The molecular formula is C14H18N4O2. The van der Waals surface area contributed by atoms with Crippen molar-refractivity contribution in [2.75, 3.05) is 19.4 Å². The minimum absolute atomic E-state index is 0.186. The standard InChI is InChI=1S/C14H18N4O2/c1-20-13-11(5-2-6-12(13)15)14(19)16-7-3-9-18-10-4-8-17-18/h2,4-6,8,10H,3,7,9,15H2,1H3,(H,16,19). The Balaban J connectivity index is 1.87. The average molecular weight is 274 g/mol. The van der Waals surface area contributed by atoms with E-state index in [1.807, 2.05) is 16.9 Å². The van der Waals surface area contributed by atoms with E-state index in [4.69, 9.17) is 10.5 Å². The Bertz CT molecular complexity index is 567. The van der Waals surface area contributed by atoms with E-state index in [2.05, 4.69) is 10.4 Å². The monoisotopic (exact) mass is 274 g/mol. The van der Waals surface area contributed by atoms with Crippen molar-refractivity contribution < 1.29 is 9.53 Å². The van der Waals surface area contributed by atoms with Crippen molar-refractivity contribution >= 4 is 11.6 Å². The third-order valence-electron chi connectivity index (χ3n) is 2.90. The van der Waals surface area contributed by atoms with Crippen LogP contribution in [0.2, 0.25) is 0 Å². The molecule has 1 aromatic heterocycles. The minimum atomic E-state index is -0.186. The van der Waals surface area contributed by atoms with Gasteiger partial charge in [-0.3, -0.25) is 9.48 Å². The lowest BCUT2D eigenvalue weighted by Crippen LogP contribution is -2.26. The largest absolute Gasteiger partial charge is 0.494 e. The number of anilines is 1. The van der Waals surface area contributed by atoms with E-state index >= 15 is 0 Å². The van der Waals surface area contributed by atoms with E-state index in [0.717, 1.165) is 13.0 Å². The lowest BCUT2D eigenvalue weighted by Gasteiger charge is -2.11. The first-order valence-corrected chi connectivity index (χ1v) is 6.40. The Morgan fingerprint density at radius 1 is 1.45 bits per heavy atom. The van der Waals surface area contributed by atoms with Gasteiger partial charge in [-0.1, -0.05) is 6.07 Å². The predicted molar refractivity (Wildman–Crippen MR) is 76.6 cm³/mol. The Labute approximate surface area is 117 Å². The van der Waals surface area contributed by atoms with Crippen LogP contribution in [-0.2, 0) is 6.54 Å². The van der Waals surface area contributed by atoms with Gasteiger partial charge in [0.1, 0.15) is 0 Å². The maximum absolute atomic E-state index is 12.1. The van der Waals surface area contributed by atoms with Gasteiger partial charge in [0, 0.05) is 25.5 Å². The van der Waals surface area contributed by atoms with Crippen LogP contribution in [0.25, 0.3) is 0 Å². The number of rotatable bonds is 6. The van der Waals surface area contributed by atoms with Crippen molar-refractivity contribution in [2.24, 2.45) is 0 Å². The number of nitrogens with two attached hydrogens (primary N) is 1. The zero-order valence-corrected chi connectivity index (χ0v) is 11.4. The molecule has 1 aromatic carbocycles. The summed E-state index contributed by atoms with van der Waals surface area (Å²) in [5, 5.41) is 6.95. The molecule has 0 atom stereocenters. The van der Waals surface area contributed by atoms with Gasteiger partial charge in [0.25, 0.3) is 5.91 Å². The topological polar surface area (TPSA) is 82.2 Å². The van der Waals surface area contributed by atoms with Crippen molar-refractivity contribution in [3.05, 3.63) is 42.2 Å². The summed E-state index contributed by atoms with van der Waals surface area (Å²) < 4.78 is 6.99. The average Bonchev–Trinajstić information content (AvgIpc) is 2.96. The van der Waals surface area contributed by atoms with Crippen molar-refractivity contribution in [1.29, 1.82) is 0 Å². The molecule has 0 fully saturated rings. The molecule has 3 N–H and O–H groups in total. The number of aromatic nitrogens is 2. The van der Waals surface area contributed by atoms with Gasteiger partial charge in [-0.25, -0.2) is 0 Å². The molecule has 1 amide bonds. The number of hydrogen-bond donors (Lipinski definition) is 2. The molecule has 0 aliphatic carbocycles. The van der Waals surface area contributed by atoms with Crippen LogP contribution in [0.3, 0.4) is 0 Å². The number of hydrogen-bond acceptors (Lipinski definition) is 4. The van der Waals surface area contributed by atoms with Crippen LogP contribution in [0.4, 0.5) is 5.69 Å². The smallest absolute Gasteiger partial charge is 0.255 e. The second-order valence-electron chi connectivity index (χ2n) is 4.31. The number of ether oxygens (including phenoxy) is 1. The molecule has 6 nitrogen and oxygen atoms in total. The van der Waals surface area contributed by atoms with E-state index in [9.17, 15) is 4.79 Å². The molecule has 0 spiro atoms. The third kappa shape index (κ3) is 3.28. The second kappa shape index (κ2) is 6.60. The summed E-state index contributed by atoms with van der Waals surface area (Å²) in [6, 6.07) is 7.00. The van der Waals surface area contributed by atoms with Crippen molar-refractivity contribution in [3.63, 3.8) is 0 Å². The number of amides is 1. The zero-order chi connectivity index (χ0) is 14.4. The highest BCUT2D eigenvalue weighted by Gasteiger charge is 2.13. The number of para-hydroxylation sites is 1. The SMILES string of the molecule is COc1c(N)cccc1C(=O)NCCCn1cccn1. The number of nitrogens with one attached hydrogen (secondary N) is 1. The Kier molecular flexibility index (Phi) is 4.60. The van der Waals surface area contributed by atoms with Gasteiger partial charge < -0.3 is 15.8 Å². The predicted octanol–water partition coefficient (Wildman–Crippen LogP) is 1.29. The third-order valence-corrected chi connectivity index (χ3v) is 2.90. The van der Waals surface area contributed by atoms with Gasteiger partial charge in [0.05, 0.1) is 18.4 Å². The summed E-state index contributed by atoms with van der Waals surface area (Å²) in [7, 11) is 1.50. The van der Waals surface area contributed by atoms with E-state index in [1.165, 1.54) is 7.11 Å². The zero-order valence-electron chi connectivity index (χ0n) is 11.4. The molecule has 2 rings (SSSR count). The lowest BCUT2D eigenvalue weighted by atomic mass is 10.1. The van der Waals surface area contributed by atoms with Crippen LogP contribution >= 0.6 is 0 Å². The number of carbonyl (C=O) groups is 1. The van der Waals surface area contributed by atoms with E-state index in [0.29, 0.717) is 23.5 Å². The maximum atomic E-state index is 12.1. The van der Waals surface area contributed by atoms with Crippen molar-refractivity contribution in [2.45, 2.75) is 13.0 Å². The highest BCUT2D eigenvalue weighted by Crippen LogP contribution is 2.25. The number of aryl methyl sites for hydroxylation is 1. The van der Waals surface area contributed by atoms with Crippen LogP contribution < -0.4 is 15.8 Å². The first-order chi connectivity index (χ1) is 9.72. The molecule has 0 unspecified atom stereocenters. The summed E-state index contributed by atoms with van der Waals surface area (Å²) in [6.45, 7) is 1.33. The number of methoxy groups -OCH3 is 1. The molecule has 0 saturated heterocycles. The summed E-state index contributed by atoms with van der Waals surface area (Å²) in [5.41, 5.74) is 6.68. The van der Waals surface area contributed by atoms with Gasteiger partial charge >= 0.3 is 0 Å². The van der Waals surface area contributed by atoms with E-state index in [-0.39, 0.29) is 5.91 Å². The molecule has 0 aliphatic rings. The van der Waals surface area contributed by atoms with Crippen molar-refractivity contribution in [3.8, 4) is 5.75 Å². The molecule has 2 aromatic rings. The highest BCUT2D eigenvalue weighted by atomic mass is 16.5. The summed E-state index contributed by atoms with van der Waals surface area (Å²) in [4.78, 5) is 12.1. The van der Waals surface area contributed by atoms with Crippen LogP contribution in [0.15, 0.2) is 36.7 Å². The number of nitrogen functional groups attached to an aromatic ring is 1. The molecular weight excluding hydrogens is 256 g/mol. The quantitative estimate of drug-likeness (QED) is 0.614. The van der Waals surface area contributed by atoms with Gasteiger partial charge in [-0.2, -0.15) is 5.10 Å². The number of benzene rings is 1. The normalized spacial score (nSPS) is 10.2. The molecule has 20 heavy (non-hydrogen) atoms. The molecule has 6 heteroatoms. The van der Waals surface area contributed by atoms with Crippen LogP contribution in [0.1, 0.15) is 16.8 Å². The van der Waals surface area contributed by atoms with Crippen LogP contribution in [0, 0.1) is 0 Å². The highest BCUT2D eigenvalue weighted by molar-refractivity contribution is 5.98. The molecule has 106 valence electrons. The molecule has 0 saturated carbocycles. The van der Waals surface area contributed by atoms with Gasteiger partial charge in [0.15, 0.2) is 5.75 Å². The van der Waals surface area contributed by atoms with Gasteiger partial charge in [-0.15, -0.1) is 0 Å². The molecule has 0 aliphatic heterocycles. The molecule has 0 radical (unpaired) electrons. The Morgan fingerprint density at radius 2 is 2.30 bits per heavy atom. The second-order valence-corrected chi connectivity index (χ2v) is 4.31. The van der Waals surface area contributed by atoms with Crippen LogP contribution in [0.5, 0.6) is 5.75 Å². The van der Waals surface area contributed by atoms with Crippen molar-refractivity contribution in [1.82, 2.24) is 15.1 Å². The summed E-state index contributed by atoms with van der Waals surface area (Å²) in [6.07, 6.45) is 4.43. The maximum Gasteiger partial charge on any atom is 0.255 e. The number of nitrogens with zero attached hydrogens (tertiary/aromatic N) is 2. The number of carbonyl (C=O) groups excluding carboxylic acids is 1. The Morgan fingerprint density at radius 3 is 3.00 bits per heavy atom.